The quantitative estimate of drug-likeness (QED) is 0.609. The van der Waals surface area contributed by atoms with E-state index in [0.29, 0.717) is 6.42 Å². The van der Waals surface area contributed by atoms with Crippen LogP contribution in [0, 0.1) is 0 Å². The number of primary amides is 1. The van der Waals surface area contributed by atoms with Crippen LogP contribution in [0.3, 0.4) is 0 Å². The third-order valence-corrected chi connectivity index (χ3v) is 2.70. The van der Waals surface area contributed by atoms with Crippen molar-refractivity contribution in [2.45, 2.75) is 71.6 Å². The fourth-order valence-corrected chi connectivity index (χ4v) is 1.70. The van der Waals surface area contributed by atoms with E-state index in [9.17, 15) is 4.79 Å². The van der Waals surface area contributed by atoms with E-state index in [0.717, 1.165) is 12.8 Å². The summed E-state index contributed by atoms with van der Waals surface area (Å²) in [6.07, 6.45) is 10.5. The first-order chi connectivity index (χ1) is 8.54. The van der Waals surface area contributed by atoms with E-state index in [-0.39, 0.29) is 5.91 Å². The molecule has 1 amide bonds. The number of amides is 1. The minimum absolute atomic E-state index is 0.163. The normalized spacial score (nSPS) is 10.1. The lowest BCUT2D eigenvalue weighted by molar-refractivity contribution is -0.118. The van der Waals surface area contributed by atoms with Gasteiger partial charge in [0.05, 0.1) is 0 Å². The highest BCUT2D eigenvalue weighted by Gasteiger charge is 1.94. The van der Waals surface area contributed by atoms with E-state index in [1.54, 1.807) is 0 Å². The molecule has 3 heteroatoms. The van der Waals surface area contributed by atoms with Gasteiger partial charge in [-0.2, -0.15) is 0 Å². The van der Waals surface area contributed by atoms with Crippen LogP contribution >= 0.6 is 0 Å². The highest BCUT2D eigenvalue weighted by atomic mass is 16.1. The molecule has 0 atom stereocenters. The molecule has 0 fully saturated rings. The van der Waals surface area contributed by atoms with Crippen LogP contribution < -0.4 is 5.73 Å². The molecule has 0 radical (unpaired) electrons. The Kier molecular flexibility index (Phi) is 18.0. The molecule has 0 spiro atoms. The highest BCUT2D eigenvalue weighted by Crippen LogP contribution is 2.07. The standard InChI is InChI=1S/C10H21NO.C5H13N/c1-2-3-4-5-6-7-8-9-10(11)12;1-4-5-6(2)3/h2-9H2,1H3,(H2,11,12);4-5H2,1-3H3. The van der Waals surface area contributed by atoms with Crippen molar-refractivity contribution in [2.24, 2.45) is 5.73 Å². The van der Waals surface area contributed by atoms with Gasteiger partial charge in [0, 0.05) is 6.42 Å². The third kappa shape index (κ3) is 24.6. The summed E-state index contributed by atoms with van der Waals surface area (Å²) in [6, 6.07) is 0. The van der Waals surface area contributed by atoms with Crippen molar-refractivity contribution < 1.29 is 4.79 Å². The molecule has 0 heterocycles. The first-order valence-electron chi connectivity index (χ1n) is 7.47. The average Bonchev–Trinajstić information content (AvgIpc) is 2.28. The van der Waals surface area contributed by atoms with Crippen molar-refractivity contribution in [3.05, 3.63) is 0 Å². The van der Waals surface area contributed by atoms with Gasteiger partial charge >= 0.3 is 0 Å². The Balaban J connectivity index is 0. The zero-order chi connectivity index (χ0) is 14.2. The number of hydrogen-bond donors (Lipinski definition) is 1. The Morgan fingerprint density at radius 1 is 0.889 bits per heavy atom. The van der Waals surface area contributed by atoms with Gasteiger partial charge in [0.25, 0.3) is 0 Å². The van der Waals surface area contributed by atoms with Crippen LogP contribution in [0.1, 0.15) is 71.6 Å². The van der Waals surface area contributed by atoms with Crippen molar-refractivity contribution >= 4 is 5.91 Å². The van der Waals surface area contributed by atoms with Crippen LogP contribution in [0.5, 0.6) is 0 Å². The van der Waals surface area contributed by atoms with E-state index < -0.39 is 0 Å². The largest absolute Gasteiger partial charge is 0.370 e. The van der Waals surface area contributed by atoms with Gasteiger partial charge in [-0.1, -0.05) is 52.4 Å². The van der Waals surface area contributed by atoms with Crippen molar-refractivity contribution in [2.75, 3.05) is 20.6 Å². The maximum Gasteiger partial charge on any atom is 0.217 e. The molecule has 0 rings (SSSR count). The van der Waals surface area contributed by atoms with Gasteiger partial charge in [-0.3, -0.25) is 4.79 Å². The fourth-order valence-electron chi connectivity index (χ4n) is 1.70. The smallest absolute Gasteiger partial charge is 0.217 e. The summed E-state index contributed by atoms with van der Waals surface area (Å²) in [4.78, 5) is 12.5. The minimum Gasteiger partial charge on any atom is -0.370 e. The molecule has 0 saturated carbocycles. The molecule has 18 heavy (non-hydrogen) atoms. The van der Waals surface area contributed by atoms with Crippen LogP contribution in [0.4, 0.5) is 0 Å². The minimum atomic E-state index is -0.163. The highest BCUT2D eigenvalue weighted by molar-refractivity contribution is 5.73. The number of nitrogens with two attached hydrogens (primary N) is 1. The lowest BCUT2D eigenvalue weighted by atomic mass is 10.1. The molecule has 0 aromatic carbocycles. The van der Waals surface area contributed by atoms with Gasteiger partial charge < -0.3 is 10.6 Å². The molecule has 0 aliphatic rings. The number of nitrogens with zero attached hydrogens (tertiary/aromatic N) is 1. The summed E-state index contributed by atoms with van der Waals surface area (Å²) in [5, 5.41) is 0. The van der Waals surface area contributed by atoms with Crippen molar-refractivity contribution in [1.82, 2.24) is 4.90 Å². The van der Waals surface area contributed by atoms with Crippen LogP contribution in [0.2, 0.25) is 0 Å². The molecule has 0 unspecified atom stereocenters. The molecule has 2 N–H and O–H groups in total. The first kappa shape index (κ1) is 19.8. The molecular formula is C15H34N2O. The molecule has 0 aromatic rings. The van der Waals surface area contributed by atoms with E-state index in [1.165, 1.54) is 45.1 Å². The van der Waals surface area contributed by atoms with Gasteiger partial charge in [0.2, 0.25) is 5.91 Å². The van der Waals surface area contributed by atoms with Crippen molar-refractivity contribution in [1.29, 1.82) is 0 Å². The molecule has 0 saturated heterocycles. The topological polar surface area (TPSA) is 46.3 Å². The number of carbonyl (C=O) groups excluding carboxylic acids is 1. The van der Waals surface area contributed by atoms with Crippen molar-refractivity contribution in [3.8, 4) is 0 Å². The summed E-state index contributed by atoms with van der Waals surface area (Å²) >= 11 is 0. The number of hydrogen-bond acceptors (Lipinski definition) is 2. The Morgan fingerprint density at radius 3 is 1.72 bits per heavy atom. The van der Waals surface area contributed by atoms with Gasteiger partial charge in [-0.15, -0.1) is 0 Å². The summed E-state index contributed by atoms with van der Waals surface area (Å²) in [5.41, 5.74) is 5.02. The second-order valence-electron chi connectivity index (χ2n) is 5.14. The molecule has 0 aliphatic heterocycles. The zero-order valence-corrected chi connectivity index (χ0v) is 13.0. The van der Waals surface area contributed by atoms with Gasteiger partial charge in [-0.25, -0.2) is 0 Å². The molecule has 0 bridgehead atoms. The number of carbonyl (C=O) groups is 1. The van der Waals surface area contributed by atoms with Gasteiger partial charge in [-0.05, 0) is 33.5 Å². The maximum absolute atomic E-state index is 10.4. The second-order valence-corrected chi connectivity index (χ2v) is 5.14. The van der Waals surface area contributed by atoms with Crippen LogP contribution in [-0.4, -0.2) is 31.4 Å². The van der Waals surface area contributed by atoms with Crippen LogP contribution in [0.15, 0.2) is 0 Å². The Morgan fingerprint density at radius 2 is 1.39 bits per heavy atom. The molecular weight excluding hydrogens is 224 g/mol. The SMILES string of the molecule is CCCCCCCCCC(N)=O.CCCN(C)C. The average molecular weight is 258 g/mol. The Bertz CT molecular complexity index is 170. The molecule has 0 aromatic heterocycles. The predicted molar refractivity (Wildman–Crippen MR) is 80.6 cm³/mol. The van der Waals surface area contributed by atoms with Gasteiger partial charge in [0.1, 0.15) is 0 Å². The summed E-state index contributed by atoms with van der Waals surface area (Å²) in [5.74, 6) is -0.163. The number of unbranched alkanes of at least 4 members (excludes halogenated alkanes) is 6. The summed E-state index contributed by atoms with van der Waals surface area (Å²) < 4.78 is 0. The summed E-state index contributed by atoms with van der Waals surface area (Å²) in [7, 11) is 4.17. The monoisotopic (exact) mass is 258 g/mol. The first-order valence-corrected chi connectivity index (χ1v) is 7.47. The third-order valence-electron chi connectivity index (χ3n) is 2.70. The van der Waals surface area contributed by atoms with Crippen LogP contribution in [0.25, 0.3) is 0 Å². The van der Waals surface area contributed by atoms with E-state index in [2.05, 4.69) is 32.8 Å². The van der Waals surface area contributed by atoms with E-state index >= 15 is 0 Å². The zero-order valence-electron chi connectivity index (χ0n) is 13.0. The maximum atomic E-state index is 10.4. The van der Waals surface area contributed by atoms with Gasteiger partial charge in [0.15, 0.2) is 0 Å². The number of rotatable bonds is 10. The lowest BCUT2D eigenvalue weighted by Gasteiger charge is -2.03. The second kappa shape index (κ2) is 16.4. The predicted octanol–water partition coefficient (Wildman–Crippen LogP) is 3.57. The molecule has 110 valence electrons. The molecule has 0 aliphatic carbocycles. The Hall–Kier alpha value is -0.570. The Labute approximate surface area is 114 Å². The fraction of sp³-hybridized carbons (Fsp3) is 0.933. The lowest BCUT2D eigenvalue weighted by Crippen LogP contribution is -2.11. The van der Waals surface area contributed by atoms with E-state index in [1.807, 2.05) is 0 Å². The summed E-state index contributed by atoms with van der Waals surface area (Å²) in [6.45, 7) is 5.60. The van der Waals surface area contributed by atoms with Crippen LogP contribution in [-0.2, 0) is 4.79 Å². The van der Waals surface area contributed by atoms with Crippen molar-refractivity contribution in [3.63, 3.8) is 0 Å². The molecule has 3 nitrogen and oxygen atoms in total. The van der Waals surface area contributed by atoms with E-state index in [4.69, 9.17) is 5.73 Å².